The fraction of sp³-hybridized carbons (Fsp3) is 0. The number of halogens is 2. The summed E-state index contributed by atoms with van der Waals surface area (Å²) in [6.07, 6.45) is 0.534. The van der Waals surface area contributed by atoms with Gasteiger partial charge in [0.15, 0.2) is 17.3 Å². The second kappa shape index (κ2) is 5.54. The number of carbonyl (C=O) groups is 1. The number of anilines is 1. The van der Waals surface area contributed by atoms with Gasteiger partial charge in [0.05, 0.1) is 5.69 Å². The van der Waals surface area contributed by atoms with Gasteiger partial charge in [-0.05, 0) is 12.1 Å². The van der Waals surface area contributed by atoms with Gasteiger partial charge in [0.25, 0.3) is 0 Å². The fourth-order valence-corrected chi connectivity index (χ4v) is 0.897. The molecule has 0 amide bonds. The molecule has 1 aromatic rings. The highest BCUT2D eigenvalue weighted by atomic mass is 19.2. The summed E-state index contributed by atoms with van der Waals surface area (Å²) in [6.45, 7) is 0. The molecule has 1 aromatic carbocycles. The molecule has 0 spiro atoms. The van der Waals surface area contributed by atoms with E-state index < -0.39 is 23.3 Å². The van der Waals surface area contributed by atoms with Gasteiger partial charge in [-0.1, -0.05) is 11.2 Å². The van der Waals surface area contributed by atoms with Crippen LogP contribution in [-0.2, 0) is 4.79 Å². The standard InChI is InChI=1S/C9H7F2N3O3/c10-5-2-1-3-6(8(5)11)13-14-7(4-12-17)9(15)16/h1-4,13,17H,(H,15,16)/b12-4+,14-7+. The highest BCUT2D eigenvalue weighted by Gasteiger charge is 2.09. The maximum atomic E-state index is 13.1. The van der Waals surface area contributed by atoms with Crippen molar-refractivity contribution in [3.05, 3.63) is 29.8 Å². The molecule has 6 nitrogen and oxygen atoms in total. The number of hydrazone groups is 1. The lowest BCUT2D eigenvalue weighted by Crippen LogP contribution is -2.16. The van der Waals surface area contributed by atoms with Gasteiger partial charge in [-0.3, -0.25) is 5.43 Å². The van der Waals surface area contributed by atoms with Crippen molar-refractivity contribution < 1.29 is 23.9 Å². The number of nitrogens with one attached hydrogen (secondary N) is 1. The zero-order chi connectivity index (χ0) is 12.8. The van der Waals surface area contributed by atoms with Crippen LogP contribution in [0.5, 0.6) is 0 Å². The number of rotatable bonds is 4. The second-order valence-electron chi connectivity index (χ2n) is 2.76. The van der Waals surface area contributed by atoms with Gasteiger partial charge in [-0.25, -0.2) is 13.6 Å². The minimum Gasteiger partial charge on any atom is -0.476 e. The summed E-state index contributed by atoms with van der Waals surface area (Å²) in [4.78, 5) is 10.5. The quantitative estimate of drug-likeness (QED) is 0.421. The van der Waals surface area contributed by atoms with E-state index in [0.29, 0.717) is 6.21 Å². The maximum Gasteiger partial charge on any atom is 0.358 e. The van der Waals surface area contributed by atoms with E-state index in [-0.39, 0.29) is 5.69 Å². The molecule has 0 fully saturated rings. The van der Waals surface area contributed by atoms with Gasteiger partial charge in [0, 0.05) is 0 Å². The Morgan fingerprint density at radius 3 is 2.71 bits per heavy atom. The third-order valence-electron chi connectivity index (χ3n) is 1.65. The van der Waals surface area contributed by atoms with Crippen LogP contribution in [0.1, 0.15) is 0 Å². The van der Waals surface area contributed by atoms with Gasteiger partial charge >= 0.3 is 5.97 Å². The molecule has 0 heterocycles. The van der Waals surface area contributed by atoms with Crippen LogP contribution >= 0.6 is 0 Å². The molecule has 8 heteroatoms. The SMILES string of the molecule is O=C(O)C(/C=N/O)=N/Nc1cccc(F)c1F. The van der Waals surface area contributed by atoms with Crippen LogP contribution in [0, 0.1) is 11.6 Å². The lowest BCUT2D eigenvalue weighted by atomic mass is 10.3. The normalized spacial score (nSPS) is 11.8. The van der Waals surface area contributed by atoms with Gasteiger partial charge < -0.3 is 10.3 Å². The Labute approximate surface area is 93.9 Å². The van der Waals surface area contributed by atoms with Crippen molar-refractivity contribution in [1.29, 1.82) is 0 Å². The number of hydrogen-bond acceptors (Lipinski definition) is 5. The van der Waals surface area contributed by atoms with Crippen molar-refractivity contribution in [3.63, 3.8) is 0 Å². The molecule has 0 unspecified atom stereocenters. The minimum atomic E-state index is -1.49. The summed E-state index contributed by atoms with van der Waals surface area (Å²) in [5.74, 6) is -3.79. The Hall–Kier alpha value is -2.51. The van der Waals surface area contributed by atoms with Gasteiger partial charge in [-0.15, -0.1) is 0 Å². The van der Waals surface area contributed by atoms with E-state index in [1.54, 1.807) is 0 Å². The summed E-state index contributed by atoms with van der Waals surface area (Å²) in [5.41, 5.74) is 1.00. The highest BCUT2D eigenvalue weighted by Crippen LogP contribution is 2.16. The van der Waals surface area contributed by atoms with Crippen LogP contribution in [0.3, 0.4) is 0 Å². The Morgan fingerprint density at radius 2 is 2.12 bits per heavy atom. The molecule has 0 saturated heterocycles. The van der Waals surface area contributed by atoms with Crippen molar-refractivity contribution >= 4 is 23.6 Å². The summed E-state index contributed by atoms with van der Waals surface area (Å²) >= 11 is 0. The van der Waals surface area contributed by atoms with Gasteiger partial charge in [0.2, 0.25) is 0 Å². The van der Waals surface area contributed by atoms with E-state index in [9.17, 15) is 13.6 Å². The van der Waals surface area contributed by atoms with Crippen LogP contribution in [-0.4, -0.2) is 28.2 Å². The smallest absolute Gasteiger partial charge is 0.358 e. The van der Waals surface area contributed by atoms with Crippen molar-refractivity contribution in [2.24, 2.45) is 10.3 Å². The first kappa shape index (κ1) is 12.6. The maximum absolute atomic E-state index is 13.1. The van der Waals surface area contributed by atoms with Crippen molar-refractivity contribution in [2.45, 2.75) is 0 Å². The molecule has 0 aliphatic rings. The molecule has 0 radical (unpaired) electrons. The number of nitrogens with zero attached hydrogens (tertiary/aromatic N) is 2. The van der Waals surface area contributed by atoms with E-state index in [1.807, 2.05) is 5.43 Å². The van der Waals surface area contributed by atoms with E-state index in [1.165, 1.54) is 6.07 Å². The number of aliphatic carboxylic acids is 1. The van der Waals surface area contributed by atoms with Crippen molar-refractivity contribution in [1.82, 2.24) is 0 Å². The number of carboxylic acids is 1. The lowest BCUT2D eigenvalue weighted by molar-refractivity contribution is -0.129. The van der Waals surface area contributed by atoms with Crippen LogP contribution < -0.4 is 5.43 Å². The Balaban J connectivity index is 2.94. The topological polar surface area (TPSA) is 94.3 Å². The molecule has 0 atom stereocenters. The van der Waals surface area contributed by atoms with E-state index in [2.05, 4.69) is 10.3 Å². The summed E-state index contributed by atoms with van der Waals surface area (Å²) in [6, 6.07) is 3.28. The predicted octanol–water partition coefficient (Wildman–Crippen LogP) is 1.28. The average Bonchev–Trinajstić information content (AvgIpc) is 2.29. The summed E-state index contributed by atoms with van der Waals surface area (Å²) < 4.78 is 25.9. The third-order valence-corrected chi connectivity index (χ3v) is 1.65. The van der Waals surface area contributed by atoms with E-state index in [0.717, 1.165) is 12.1 Å². The highest BCUT2D eigenvalue weighted by molar-refractivity contribution is 6.58. The average molecular weight is 243 g/mol. The molecular weight excluding hydrogens is 236 g/mol. The van der Waals surface area contributed by atoms with Crippen molar-refractivity contribution in [3.8, 4) is 0 Å². The fourth-order valence-electron chi connectivity index (χ4n) is 0.897. The van der Waals surface area contributed by atoms with Crippen LogP contribution in [0.25, 0.3) is 0 Å². The Bertz CT molecular complexity index is 488. The summed E-state index contributed by atoms with van der Waals surface area (Å²) in [7, 11) is 0. The first-order valence-corrected chi connectivity index (χ1v) is 4.24. The van der Waals surface area contributed by atoms with Crippen LogP contribution in [0.2, 0.25) is 0 Å². The molecule has 90 valence electrons. The molecule has 0 bridgehead atoms. The number of benzene rings is 1. The molecule has 0 aliphatic carbocycles. The zero-order valence-electron chi connectivity index (χ0n) is 8.26. The van der Waals surface area contributed by atoms with Gasteiger partial charge in [-0.2, -0.15) is 5.10 Å². The number of carboxylic acid groups (broad SMARTS) is 1. The number of oxime groups is 1. The predicted molar refractivity (Wildman–Crippen MR) is 55.3 cm³/mol. The molecule has 0 aromatic heterocycles. The zero-order valence-corrected chi connectivity index (χ0v) is 8.26. The molecule has 3 N–H and O–H groups in total. The van der Waals surface area contributed by atoms with Crippen molar-refractivity contribution in [2.75, 3.05) is 5.43 Å². The van der Waals surface area contributed by atoms with Crippen LogP contribution in [0.15, 0.2) is 28.5 Å². The Kier molecular flexibility index (Phi) is 4.09. The first-order chi connectivity index (χ1) is 8.06. The minimum absolute atomic E-state index is 0.338. The molecule has 0 saturated carbocycles. The van der Waals surface area contributed by atoms with E-state index >= 15 is 0 Å². The lowest BCUT2D eigenvalue weighted by Gasteiger charge is -2.02. The molecular formula is C9H7F2N3O3. The first-order valence-electron chi connectivity index (χ1n) is 4.24. The van der Waals surface area contributed by atoms with E-state index in [4.69, 9.17) is 10.3 Å². The monoisotopic (exact) mass is 243 g/mol. The van der Waals surface area contributed by atoms with Crippen LogP contribution in [0.4, 0.5) is 14.5 Å². The number of hydrogen-bond donors (Lipinski definition) is 3. The second-order valence-corrected chi connectivity index (χ2v) is 2.76. The summed E-state index contributed by atoms with van der Waals surface area (Å²) in [5, 5.41) is 22.4. The Morgan fingerprint density at radius 1 is 1.41 bits per heavy atom. The molecule has 1 rings (SSSR count). The molecule has 0 aliphatic heterocycles. The third kappa shape index (κ3) is 3.23. The largest absolute Gasteiger partial charge is 0.476 e. The molecule has 17 heavy (non-hydrogen) atoms. The van der Waals surface area contributed by atoms with Gasteiger partial charge in [0.1, 0.15) is 6.21 Å².